The van der Waals surface area contributed by atoms with E-state index in [9.17, 15) is 4.79 Å². The number of imidazole rings is 1. The number of carbonyl (C=O) groups excluding carboxylic acids is 1. The van der Waals surface area contributed by atoms with Crippen molar-refractivity contribution in [3.8, 4) is 17.0 Å². The molecule has 0 bridgehead atoms. The number of nitrogens with zero attached hydrogens (tertiary/aromatic N) is 4. The highest BCUT2D eigenvalue weighted by molar-refractivity contribution is 5.79. The third-order valence-electron chi connectivity index (χ3n) is 5.55. The van der Waals surface area contributed by atoms with Crippen LogP contribution >= 0.6 is 0 Å². The second-order valence-electron chi connectivity index (χ2n) is 7.45. The number of nitrogens with one attached hydrogen (secondary N) is 1. The van der Waals surface area contributed by atoms with Crippen molar-refractivity contribution in [1.29, 1.82) is 0 Å². The van der Waals surface area contributed by atoms with Gasteiger partial charge in [-0.15, -0.1) is 0 Å². The molecule has 0 unspecified atom stereocenters. The van der Waals surface area contributed by atoms with Crippen LogP contribution < -0.4 is 10.1 Å². The van der Waals surface area contributed by atoms with Crippen LogP contribution in [0.5, 0.6) is 5.75 Å². The number of fused-ring (bicyclic) bond motifs is 1. The molecule has 0 radical (unpaired) electrons. The van der Waals surface area contributed by atoms with Gasteiger partial charge < -0.3 is 15.0 Å². The highest BCUT2D eigenvalue weighted by Gasteiger charge is 2.23. The first-order valence-electron chi connectivity index (χ1n) is 10.2. The fourth-order valence-electron chi connectivity index (χ4n) is 3.93. The Morgan fingerprint density at radius 1 is 1.28 bits per heavy atom. The van der Waals surface area contributed by atoms with Gasteiger partial charge in [0, 0.05) is 43.5 Å². The minimum absolute atomic E-state index is 0.214. The van der Waals surface area contributed by atoms with Crippen LogP contribution in [0.3, 0.4) is 0 Å². The van der Waals surface area contributed by atoms with Gasteiger partial charge in [0.15, 0.2) is 5.65 Å². The molecule has 3 aromatic rings. The van der Waals surface area contributed by atoms with Crippen molar-refractivity contribution < 1.29 is 9.53 Å². The van der Waals surface area contributed by atoms with Crippen LogP contribution in [0.1, 0.15) is 32.6 Å². The molecule has 1 aliphatic rings. The molecule has 1 amide bonds. The van der Waals surface area contributed by atoms with E-state index in [1.54, 1.807) is 19.5 Å². The lowest BCUT2D eigenvalue weighted by atomic mass is 10.0. The summed E-state index contributed by atoms with van der Waals surface area (Å²) >= 11 is 0. The largest absolute Gasteiger partial charge is 0.497 e. The Balaban J connectivity index is 1.53. The van der Waals surface area contributed by atoms with Crippen molar-refractivity contribution in [2.24, 2.45) is 0 Å². The number of rotatable bonds is 6. The second-order valence-corrected chi connectivity index (χ2v) is 7.45. The van der Waals surface area contributed by atoms with Gasteiger partial charge in [0.25, 0.3) is 0 Å². The Morgan fingerprint density at radius 3 is 2.86 bits per heavy atom. The molecule has 29 heavy (non-hydrogen) atoms. The number of ether oxygens (including phenoxy) is 1. The molecule has 7 heteroatoms. The summed E-state index contributed by atoms with van der Waals surface area (Å²) in [5, 5.41) is 3.44. The molecule has 1 atom stereocenters. The second kappa shape index (κ2) is 8.51. The van der Waals surface area contributed by atoms with Crippen LogP contribution in [-0.2, 0) is 4.79 Å². The Kier molecular flexibility index (Phi) is 5.64. The van der Waals surface area contributed by atoms with Crippen molar-refractivity contribution in [3.05, 3.63) is 42.9 Å². The zero-order valence-electron chi connectivity index (χ0n) is 17.0. The Morgan fingerprint density at radius 2 is 2.10 bits per heavy atom. The van der Waals surface area contributed by atoms with Gasteiger partial charge in [0.1, 0.15) is 17.3 Å². The predicted octanol–water partition coefficient (Wildman–Crippen LogP) is 3.61. The fourth-order valence-corrected chi connectivity index (χ4v) is 3.93. The molecule has 0 spiro atoms. The zero-order chi connectivity index (χ0) is 20.2. The summed E-state index contributed by atoms with van der Waals surface area (Å²) in [5.41, 5.74) is 2.57. The number of benzene rings is 1. The maximum Gasteiger partial charge on any atom is 0.224 e. The molecular formula is C22H27N5O2. The number of methoxy groups -OCH3 is 1. The van der Waals surface area contributed by atoms with E-state index < -0.39 is 0 Å². The van der Waals surface area contributed by atoms with Crippen LogP contribution in [0.15, 0.2) is 42.9 Å². The van der Waals surface area contributed by atoms with Gasteiger partial charge in [-0.25, -0.2) is 4.98 Å². The SMILES string of the molecule is COc1ccc(-c2nc3cnccn3c2NCCC(=O)N2CCCC[C@@H]2C)cc1. The van der Waals surface area contributed by atoms with E-state index in [0.717, 1.165) is 47.9 Å². The average Bonchev–Trinajstić information content (AvgIpc) is 3.13. The minimum atomic E-state index is 0.214. The van der Waals surface area contributed by atoms with E-state index in [4.69, 9.17) is 9.72 Å². The Hall–Kier alpha value is -3.09. The maximum absolute atomic E-state index is 12.7. The van der Waals surface area contributed by atoms with Gasteiger partial charge in [-0.3, -0.25) is 14.2 Å². The van der Waals surface area contributed by atoms with Crippen LogP contribution in [0, 0.1) is 0 Å². The Bertz CT molecular complexity index is 983. The van der Waals surface area contributed by atoms with E-state index in [1.165, 1.54) is 6.42 Å². The lowest BCUT2D eigenvalue weighted by Gasteiger charge is -2.33. The van der Waals surface area contributed by atoms with Crippen molar-refractivity contribution in [3.63, 3.8) is 0 Å². The normalized spacial score (nSPS) is 16.8. The molecule has 3 heterocycles. The van der Waals surface area contributed by atoms with Gasteiger partial charge in [-0.2, -0.15) is 0 Å². The molecule has 1 fully saturated rings. The first-order chi connectivity index (χ1) is 14.2. The number of aromatic nitrogens is 3. The smallest absolute Gasteiger partial charge is 0.224 e. The van der Waals surface area contributed by atoms with Crippen LogP contribution in [0.2, 0.25) is 0 Å². The first kappa shape index (κ1) is 19.2. The standard InChI is InChI=1S/C22H27N5O2/c1-16-5-3-4-13-26(16)20(28)10-11-24-22-21(17-6-8-18(29-2)9-7-17)25-19-15-23-12-14-27(19)22/h6-9,12,14-16,24H,3-5,10-11,13H2,1-2H3/t16-/m0/s1. The number of hydrogen-bond donors (Lipinski definition) is 1. The number of likely N-dealkylation sites (tertiary alicyclic amines) is 1. The van der Waals surface area contributed by atoms with Gasteiger partial charge in [-0.1, -0.05) is 0 Å². The Labute approximate surface area is 170 Å². The first-order valence-corrected chi connectivity index (χ1v) is 10.2. The number of hydrogen-bond acceptors (Lipinski definition) is 5. The van der Waals surface area contributed by atoms with Gasteiger partial charge in [-0.05, 0) is 50.5 Å². The zero-order valence-corrected chi connectivity index (χ0v) is 17.0. The van der Waals surface area contributed by atoms with Crippen LogP contribution in [0.25, 0.3) is 16.9 Å². The monoisotopic (exact) mass is 393 g/mol. The fraction of sp³-hybridized carbons (Fsp3) is 0.409. The molecule has 2 aromatic heterocycles. The van der Waals surface area contributed by atoms with E-state index in [0.29, 0.717) is 19.0 Å². The lowest BCUT2D eigenvalue weighted by molar-refractivity contribution is -0.134. The molecule has 152 valence electrons. The van der Waals surface area contributed by atoms with E-state index in [-0.39, 0.29) is 5.91 Å². The van der Waals surface area contributed by atoms with Crippen molar-refractivity contribution in [2.45, 2.75) is 38.6 Å². The number of anilines is 1. The van der Waals surface area contributed by atoms with Gasteiger partial charge in [0.05, 0.1) is 13.3 Å². The van der Waals surface area contributed by atoms with E-state index in [1.807, 2.05) is 39.8 Å². The minimum Gasteiger partial charge on any atom is -0.497 e. The molecule has 1 N–H and O–H groups in total. The third kappa shape index (κ3) is 4.04. The molecule has 0 saturated carbocycles. The quantitative estimate of drug-likeness (QED) is 0.693. The van der Waals surface area contributed by atoms with Crippen LogP contribution in [-0.4, -0.2) is 51.4 Å². The number of carbonyl (C=O) groups is 1. The lowest BCUT2D eigenvalue weighted by Crippen LogP contribution is -2.42. The summed E-state index contributed by atoms with van der Waals surface area (Å²) < 4.78 is 7.23. The van der Waals surface area contributed by atoms with Crippen molar-refractivity contribution in [1.82, 2.24) is 19.3 Å². The molecule has 1 aliphatic heterocycles. The number of amides is 1. The molecule has 7 nitrogen and oxygen atoms in total. The molecule has 4 rings (SSSR count). The van der Waals surface area contributed by atoms with Crippen molar-refractivity contribution in [2.75, 3.05) is 25.5 Å². The molecule has 0 aliphatic carbocycles. The molecule has 1 aromatic carbocycles. The summed E-state index contributed by atoms with van der Waals surface area (Å²) in [6, 6.07) is 8.15. The molecular weight excluding hydrogens is 366 g/mol. The van der Waals surface area contributed by atoms with E-state index >= 15 is 0 Å². The van der Waals surface area contributed by atoms with Gasteiger partial charge in [0.2, 0.25) is 5.91 Å². The van der Waals surface area contributed by atoms with Gasteiger partial charge >= 0.3 is 0 Å². The molecule has 1 saturated heterocycles. The summed E-state index contributed by atoms with van der Waals surface area (Å²) in [5.74, 6) is 1.88. The van der Waals surface area contributed by atoms with Crippen molar-refractivity contribution >= 4 is 17.4 Å². The topological polar surface area (TPSA) is 71.8 Å². The number of piperidine rings is 1. The summed E-state index contributed by atoms with van der Waals surface area (Å²) in [7, 11) is 1.65. The summed E-state index contributed by atoms with van der Waals surface area (Å²) in [6.07, 6.45) is 9.23. The summed E-state index contributed by atoms with van der Waals surface area (Å²) in [6.45, 7) is 3.57. The highest BCUT2D eigenvalue weighted by atomic mass is 16.5. The summed E-state index contributed by atoms with van der Waals surface area (Å²) in [4.78, 5) is 23.6. The predicted molar refractivity (Wildman–Crippen MR) is 113 cm³/mol. The maximum atomic E-state index is 12.7. The van der Waals surface area contributed by atoms with Crippen LogP contribution in [0.4, 0.5) is 5.82 Å². The highest BCUT2D eigenvalue weighted by Crippen LogP contribution is 2.30. The third-order valence-corrected chi connectivity index (χ3v) is 5.55. The average molecular weight is 393 g/mol. The van der Waals surface area contributed by atoms with E-state index in [2.05, 4.69) is 17.2 Å².